The number of benzene rings is 2. The summed E-state index contributed by atoms with van der Waals surface area (Å²) in [5, 5.41) is 4.30. The van der Waals surface area contributed by atoms with Crippen LogP contribution in [0.2, 0.25) is 0 Å². The summed E-state index contributed by atoms with van der Waals surface area (Å²) in [4.78, 5) is 2.50. The Morgan fingerprint density at radius 2 is 1.50 bits per heavy atom. The van der Waals surface area contributed by atoms with Gasteiger partial charge >= 0.3 is 0 Å². The summed E-state index contributed by atoms with van der Waals surface area (Å²) in [5.74, 6) is 0. The van der Waals surface area contributed by atoms with Crippen molar-refractivity contribution < 1.29 is 0 Å². The first-order valence-electron chi connectivity index (χ1n) is 9.02. The molecule has 0 unspecified atom stereocenters. The summed E-state index contributed by atoms with van der Waals surface area (Å²) >= 11 is 0. The smallest absolute Gasteiger partial charge is 0.0561 e. The minimum atomic E-state index is 0.996. The van der Waals surface area contributed by atoms with E-state index in [-0.39, 0.29) is 0 Å². The van der Waals surface area contributed by atoms with Gasteiger partial charge in [-0.2, -0.15) is 5.10 Å². The Balaban J connectivity index is 1.94. The molecule has 2 aromatic rings. The number of nitrogens with zero attached hydrogens (tertiary/aromatic N) is 2. The lowest BCUT2D eigenvalue weighted by Gasteiger charge is -2.24. The molecule has 0 radical (unpaired) electrons. The Morgan fingerprint density at radius 3 is 2.08 bits per heavy atom. The van der Waals surface area contributed by atoms with E-state index in [0.717, 1.165) is 24.3 Å². The van der Waals surface area contributed by atoms with Gasteiger partial charge < -0.3 is 4.90 Å². The van der Waals surface area contributed by atoms with Gasteiger partial charge in [-0.1, -0.05) is 57.0 Å². The average Bonchev–Trinajstić information content (AvgIpc) is 2.64. The van der Waals surface area contributed by atoms with E-state index in [1.807, 2.05) is 36.5 Å². The van der Waals surface area contributed by atoms with E-state index in [9.17, 15) is 0 Å². The van der Waals surface area contributed by atoms with Crippen LogP contribution in [0, 0.1) is 0 Å². The molecule has 0 saturated carbocycles. The molecule has 0 aliphatic rings. The van der Waals surface area contributed by atoms with Gasteiger partial charge in [0.05, 0.1) is 11.9 Å². The highest BCUT2D eigenvalue weighted by molar-refractivity contribution is 5.81. The highest BCUT2D eigenvalue weighted by atomic mass is 15.3. The summed E-state index contributed by atoms with van der Waals surface area (Å²) in [6.07, 6.45) is 6.82. The third-order valence-electron chi connectivity index (χ3n) is 4.00. The fourth-order valence-electron chi connectivity index (χ4n) is 2.53. The molecule has 3 heteroatoms. The van der Waals surface area contributed by atoms with Gasteiger partial charge in [-0.15, -0.1) is 0 Å². The third kappa shape index (κ3) is 6.07. The normalized spacial score (nSPS) is 10.9. The minimum absolute atomic E-state index is 0.996. The van der Waals surface area contributed by atoms with Crippen LogP contribution < -0.4 is 10.3 Å². The molecule has 0 heterocycles. The van der Waals surface area contributed by atoms with Gasteiger partial charge in [0.1, 0.15) is 0 Å². The van der Waals surface area contributed by atoms with Crippen LogP contribution in [0.5, 0.6) is 0 Å². The molecule has 0 aliphatic heterocycles. The number of hydrogen-bond acceptors (Lipinski definition) is 3. The van der Waals surface area contributed by atoms with Crippen LogP contribution in [0.1, 0.15) is 45.1 Å². The molecule has 3 nitrogen and oxygen atoms in total. The SMILES string of the molecule is CCCCN(CCCC)c1ccc(C=NNc2ccccc2)cc1. The average molecular weight is 323 g/mol. The van der Waals surface area contributed by atoms with Crippen molar-refractivity contribution in [3.8, 4) is 0 Å². The summed E-state index contributed by atoms with van der Waals surface area (Å²) in [6, 6.07) is 18.7. The lowest BCUT2D eigenvalue weighted by atomic mass is 10.2. The van der Waals surface area contributed by atoms with E-state index in [2.05, 4.69) is 53.5 Å². The Labute approximate surface area is 146 Å². The molecule has 0 spiro atoms. The molecule has 0 bridgehead atoms. The molecule has 0 atom stereocenters. The molecule has 24 heavy (non-hydrogen) atoms. The number of hydrazone groups is 1. The lowest BCUT2D eigenvalue weighted by Crippen LogP contribution is -2.25. The highest BCUT2D eigenvalue weighted by Gasteiger charge is 2.05. The first-order chi connectivity index (χ1) is 11.8. The molecule has 0 amide bonds. The Bertz CT molecular complexity index is 582. The molecule has 2 aromatic carbocycles. The molecule has 0 aliphatic carbocycles. The second kappa shape index (κ2) is 10.5. The highest BCUT2D eigenvalue weighted by Crippen LogP contribution is 2.16. The van der Waals surface area contributed by atoms with Crippen LogP contribution in [0.3, 0.4) is 0 Å². The number of para-hydroxylation sites is 1. The third-order valence-corrected chi connectivity index (χ3v) is 4.00. The Hall–Kier alpha value is -2.29. The van der Waals surface area contributed by atoms with E-state index >= 15 is 0 Å². The molecular weight excluding hydrogens is 294 g/mol. The van der Waals surface area contributed by atoms with E-state index in [1.165, 1.54) is 31.4 Å². The van der Waals surface area contributed by atoms with Crippen LogP contribution in [0.4, 0.5) is 11.4 Å². The molecule has 0 fully saturated rings. The number of unbranched alkanes of at least 4 members (excludes halogenated alkanes) is 2. The number of nitrogens with one attached hydrogen (secondary N) is 1. The maximum Gasteiger partial charge on any atom is 0.0561 e. The van der Waals surface area contributed by atoms with Gasteiger partial charge in [-0.25, -0.2) is 0 Å². The fraction of sp³-hybridized carbons (Fsp3) is 0.381. The van der Waals surface area contributed by atoms with Gasteiger partial charge in [0.2, 0.25) is 0 Å². The zero-order valence-electron chi connectivity index (χ0n) is 14.9. The molecular formula is C21H29N3. The van der Waals surface area contributed by atoms with Crippen molar-refractivity contribution in [2.24, 2.45) is 5.10 Å². The minimum Gasteiger partial charge on any atom is -0.372 e. The topological polar surface area (TPSA) is 27.6 Å². The van der Waals surface area contributed by atoms with Crippen molar-refractivity contribution in [2.45, 2.75) is 39.5 Å². The lowest BCUT2D eigenvalue weighted by molar-refractivity contribution is 0.678. The molecule has 0 saturated heterocycles. The van der Waals surface area contributed by atoms with Crippen molar-refractivity contribution >= 4 is 17.6 Å². The van der Waals surface area contributed by atoms with Gasteiger partial charge in [0.15, 0.2) is 0 Å². The van der Waals surface area contributed by atoms with Crippen LogP contribution >= 0.6 is 0 Å². The Kier molecular flexibility index (Phi) is 7.88. The van der Waals surface area contributed by atoms with Crippen molar-refractivity contribution in [1.82, 2.24) is 0 Å². The van der Waals surface area contributed by atoms with Crippen molar-refractivity contribution in [1.29, 1.82) is 0 Å². The summed E-state index contributed by atoms with van der Waals surface area (Å²) in [5.41, 5.74) is 6.46. The maximum atomic E-state index is 4.30. The standard InChI is InChI=1S/C21H29N3/c1-3-5-16-24(17-6-4-2)21-14-12-19(13-15-21)18-22-23-20-10-8-7-9-11-20/h7-15,18,23H,3-6,16-17H2,1-2H3. The van der Waals surface area contributed by atoms with Gasteiger partial charge in [0.25, 0.3) is 0 Å². The van der Waals surface area contributed by atoms with E-state index < -0.39 is 0 Å². The summed E-state index contributed by atoms with van der Waals surface area (Å²) < 4.78 is 0. The predicted molar refractivity (Wildman–Crippen MR) is 106 cm³/mol. The van der Waals surface area contributed by atoms with Crippen LogP contribution in [0.25, 0.3) is 0 Å². The van der Waals surface area contributed by atoms with E-state index in [4.69, 9.17) is 0 Å². The van der Waals surface area contributed by atoms with Crippen molar-refractivity contribution in [3.63, 3.8) is 0 Å². The molecule has 1 N–H and O–H groups in total. The van der Waals surface area contributed by atoms with Gasteiger partial charge in [0, 0.05) is 18.8 Å². The first-order valence-corrected chi connectivity index (χ1v) is 9.02. The number of anilines is 2. The zero-order valence-corrected chi connectivity index (χ0v) is 14.9. The zero-order chi connectivity index (χ0) is 17.0. The first kappa shape index (κ1) is 18.1. The number of rotatable bonds is 10. The van der Waals surface area contributed by atoms with Gasteiger partial charge in [-0.05, 0) is 42.7 Å². The van der Waals surface area contributed by atoms with E-state index in [0.29, 0.717) is 0 Å². The maximum absolute atomic E-state index is 4.30. The second-order valence-electron chi connectivity index (χ2n) is 6.02. The van der Waals surface area contributed by atoms with Gasteiger partial charge in [-0.3, -0.25) is 5.43 Å². The van der Waals surface area contributed by atoms with Crippen LogP contribution in [-0.2, 0) is 0 Å². The van der Waals surface area contributed by atoms with Crippen LogP contribution in [0.15, 0.2) is 59.7 Å². The Morgan fingerprint density at radius 1 is 0.875 bits per heavy atom. The van der Waals surface area contributed by atoms with Crippen molar-refractivity contribution in [2.75, 3.05) is 23.4 Å². The molecule has 128 valence electrons. The predicted octanol–water partition coefficient (Wildman–Crippen LogP) is 5.54. The summed E-state index contributed by atoms with van der Waals surface area (Å²) in [6.45, 7) is 6.77. The molecule has 0 aromatic heterocycles. The largest absolute Gasteiger partial charge is 0.372 e. The second-order valence-corrected chi connectivity index (χ2v) is 6.02. The molecule has 2 rings (SSSR count). The monoisotopic (exact) mass is 323 g/mol. The van der Waals surface area contributed by atoms with Crippen molar-refractivity contribution in [3.05, 3.63) is 60.2 Å². The van der Waals surface area contributed by atoms with E-state index in [1.54, 1.807) is 0 Å². The van der Waals surface area contributed by atoms with Crippen LogP contribution in [-0.4, -0.2) is 19.3 Å². The fourth-order valence-corrected chi connectivity index (χ4v) is 2.53. The quantitative estimate of drug-likeness (QED) is 0.459. The summed E-state index contributed by atoms with van der Waals surface area (Å²) in [7, 11) is 0. The number of hydrogen-bond donors (Lipinski definition) is 1.